The number of piperidine rings is 1. The Morgan fingerprint density at radius 1 is 1.13 bits per heavy atom. The Hall–Kier alpha value is -3.28. The molecule has 30 heavy (non-hydrogen) atoms. The highest BCUT2D eigenvalue weighted by atomic mass is 19.1. The fourth-order valence-electron chi connectivity index (χ4n) is 4.15. The summed E-state index contributed by atoms with van der Waals surface area (Å²) in [4.78, 5) is 31.4. The van der Waals surface area contributed by atoms with Gasteiger partial charge in [-0.1, -0.05) is 30.3 Å². The van der Waals surface area contributed by atoms with E-state index in [4.69, 9.17) is 5.73 Å². The molecule has 2 aromatic carbocycles. The van der Waals surface area contributed by atoms with Gasteiger partial charge in [-0.05, 0) is 49.1 Å². The van der Waals surface area contributed by atoms with Crippen LogP contribution in [0.5, 0.6) is 0 Å². The number of hydrogen-bond donors (Lipinski definition) is 1. The molecule has 1 aliphatic rings. The van der Waals surface area contributed by atoms with Crippen molar-refractivity contribution in [2.75, 3.05) is 13.1 Å². The lowest BCUT2D eigenvalue weighted by Gasteiger charge is -2.33. The number of pyridine rings is 1. The molecule has 3 aromatic rings. The molecule has 0 bridgehead atoms. The fraction of sp³-hybridized carbons (Fsp3) is 0.292. The first-order valence-electron chi connectivity index (χ1n) is 10.2. The fourth-order valence-corrected chi connectivity index (χ4v) is 4.15. The Kier molecular flexibility index (Phi) is 5.74. The SMILES string of the molecule is NC(=O)c1cc2cc(F)ccc2nc1C1CCCN(C(=O)CCc2ccccc2)C1. The molecule has 0 radical (unpaired) electrons. The summed E-state index contributed by atoms with van der Waals surface area (Å²) >= 11 is 0. The van der Waals surface area contributed by atoms with Crippen LogP contribution in [-0.2, 0) is 11.2 Å². The summed E-state index contributed by atoms with van der Waals surface area (Å²) in [6.07, 6.45) is 2.81. The number of benzene rings is 2. The van der Waals surface area contributed by atoms with Crippen molar-refractivity contribution >= 4 is 22.7 Å². The van der Waals surface area contributed by atoms with E-state index in [1.54, 1.807) is 12.1 Å². The lowest BCUT2D eigenvalue weighted by atomic mass is 9.90. The molecule has 0 aliphatic carbocycles. The van der Waals surface area contributed by atoms with Crippen molar-refractivity contribution in [3.8, 4) is 0 Å². The lowest BCUT2D eigenvalue weighted by Crippen LogP contribution is -2.40. The van der Waals surface area contributed by atoms with E-state index in [1.165, 1.54) is 12.1 Å². The maximum Gasteiger partial charge on any atom is 0.250 e. The van der Waals surface area contributed by atoms with Crippen molar-refractivity contribution in [1.29, 1.82) is 0 Å². The van der Waals surface area contributed by atoms with Crippen LogP contribution in [0.15, 0.2) is 54.6 Å². The molecular formula is C24H24FN3O2. The van der Waals surface area contributed by atoms with Crippen LogP contribution >= 0.6 is 0 Å². The predicted octanol–water partition coefficient (Wildman–Crippen LogP) is 3.81. The zero-order chi connectivity index (χ0) is 21.1. The van der Waals surface area contributed by atoms with Gasteiger partial charge in [-0.15, -0.1) is 0 Å². The maximum absolute atomic E-state index is 13.6. The van der Waals surface area contributed by atoms with Crippen molar-refractivity contribution in [2.24, 2.45) is 5.73 Å². The van der Waals surface area contributed by atoms with Crippen LogP contribution < -0.4 is 5.73 Å². The van der Waals surface area contributed by atoms with E-state index in [0.717, 1.165) is 18.4 Å². The van der Waals surface area contributed by atoms with Crippen LogP contribution in [0.3, 0.4) is 0 Å². The van der Waals surface area contributed by atoms with Crippen LogP contribution in [0.2, 0.25) is 0 Å². The van der Waals surface area contributed by atoms with Gasteiger partial charge in [0, 0.05) is 30.8 Å². The van der Waals surface area contributed by atoms with Crippen LogP contribution in [0.25, 0.3) is 10.9 Å². The van der Waals surface area contributed by atoms with Gasteiger partial charge in [0.2, 0.25) is 5.91 Å². The van der Waals surface area contributed by atoms with Gasteiger partial charge in [0.25, 0.3) is 5.91 Å². The van der Waals surface area contributed by atoms with E-state index < -0.39 is 5.91 Å². The van der Waals surface area contributed by atoms with Crippen molar-refractivity contribution < 1.29 is 14.0 Å². The molecule has 0 spiro atoms. The normalized spacial score (nSPS) is 16.6. The molecule has 1 aliphatic heterocycles. The number of rotatable bonds is 5. The van der Waals surface area contributed by atoms with E-state index in [2.05, 4.69) is 4.98 Å². The first-order valence-corrected chi connectivity index (χ1v) is 10.2. The monoisotopic (exact) mass is 405 g/mol. The molecular weight excluding hydrogens is 381 g/mol. The Labute approximate surface area is 174 Å². The van der Waals surface area contributed by atoms with Crippen molar-refractivity contribution in [3.63, 3.8) is 0 Å². The largest absolute Gasteiger partial charge is 0.366 e. The Balaban J connectivity index is 1.54. The van der Waals surface area contributed by atoms with Gasteiger partial charge in [-0.3, -0.25) is 14.6 Å². The van der Waals surface area contributed by atoms with E-state index >= 15 is 0 Å². The van der Waals surface area contributed by atoms with Gasteiger partial charge in [-0.25, -0.2) is 4.39 Å². The van der Waals surface area contributed by atoms with E-state index in [-0.39, 0.29) is 17.6 Å². The van der Waals surface area contributed by atoms with Crippen LogP contribution in [0.1, 0.15) is 46.8 Å². The molecule has 1 aromatic heterocycles. The molecule has 2 N–H and O–H groups in total. The van der Waals surface area contributed by atoms with Gasteiger partial charge in [-0.2, -0.15) is 0 Å². The molecule has 2 heterocycles. The third-order valence-electron chi connectivity index (χ3n) is 5.70. The van der Waals surface area contributed by atoms with Crippen molar-refractivity contribution in [3.05, 3.63) is 77.2 Å². The van der Waals surface area contributed by atoms with Crippen LogP contribution in [0, 0.1) is 5.82 Å². The number of fused-ring (bicyclic) bond motifs is 1. The zero-order valence-corrected chi connectivity index (χ0v) is 16.7. The van der Waals surface area contributed by atoms with Crippen LogP contribution in [0.4, 0.5) is 4.39 Å². The first-order chi connectivity index (χ1) is 14.5. The Morgan fingerprint density at radius 2 is 1.93 bits per heavy atom. The second-order valence-electron chi connectivity index (χ2n) is 7.79. The summed E-state index contributed by atoms with van der Waals surface area (Å²) in [5.41, 5.74) is 8.26. The maximum atomic E-state index is 13.6. The minimum atomic E-state index is -0.587. The lowest BCUT2D eigenvalue weighted by molar-refractivity contribution is -0.132. The molecule has 0 saturated carbocycles. The van der Waals surface area contributed by atoms with E-state index in [1.807, 2.05) is 35.2 Å². The summed E-state index contributed by atoms with van der Waals surface area (Å²) in [5, 5.41) is 0.541. The number of hydrogen-bond acceptors (Lipinski definition) is 3. The number of primary amides is 1. The Morgan fingerprint density at radius 3 is 2.70 bits per heavy atom. The smallest absolute Gasteiger partial charge is 0.250 e. The highest BCUT2D eigenvalue weighted by molar-refractivity contribution is 5.97. The van der Waals surface area contributed by atoms with E-state index in [0.29, 0.717) is 48.1 Å². The number of nitrogens with zero attached hydrogens (tertiary/aromatic N) is 2. The average Bonchev–Trinajstić information content (AvgIpc) is 2.77. The second kappa shape index (κ2) is 8.61. The number of aromatic nitrogens is 1. The van der Waals surface area contributed by atoms with Crippen LogP contribution in [-0.4, -0.2) is 34.8 Å². The number of carbonyl (C=O) groups excluding carboxylic acids is 2. The summed E-state index contributed by atoms with van der Waals surface area (Å²) in [5.74, 6) is -0.945. The summed E-state index contributed by atoms with van der Waals surface area (Å²) in [6.45, 7) is 1.21. The number of carbonyl (C=O) groups is 2. The molecule has 2 amide bonds. The Bertz CT molecular complexity index is 1080. The van der Waals surface area contributed by atoms with Gasteiger partial charge in [0.15, 0.2) is 0 Å². The van der Waals surface area contributed by atoms with Crippen molar-refractivity contribution in [1.82, 2.24) is 9.88 Å². The first kappa shape index (κ1) is 20.0. The van der Waals surface area contributed by atoms with Gasteiger partial charge in [0.05, 0.1) is 16.8 Å². The number of nitrogens with two attached hydrogens (primary N) is 1. The molecule has 4 rings (SSSR count). The number of aryl methyl sites for hydroxylation is 1. The standard InChI is InChI=1S/C24H24FN3O2/c25-19-9-10-21-18(13-19)14-20(24(26)30)23(27-21)17-7-4-12-28(15-17)22(29)11-8-16-5-2-1-3-6-16/h1-3,5-6,9-10,13-14,17H,4,7-8,11-12,15H2,(H2,26,30). The highest BCUT2D eigenvalue weighted by Gasteiger charge is 2.28. The molecule has 6 heteroatoms. The molecule has 1 unspecified atom stereocenters. The van der Waals surface area contributed by atoms with E-state index in [9.17, 15) is 14.0 Å². The minimum Gasteiger partial charge on any atom is -0.366 e. The van der Waals surface area contributed by atoms with Gasteiger partial charge in [0.1, 0.15) is 5.82 Å². The summed E-state index contributed by atoms with van der Waals surface area (Å²) < 4.78 is 13.6. The predicted molar refractivity (Wildman–Crippen MR) is 114 cm³/mol. The topological polar surface area (TPSA) is 76.3 Å². The summed E-state index contributed by atoms with van der Waals surface area (Å²) in [6, 6.07) is 15.9. The summed E-state index contributed by atoms with van der Waals surface area (Å²) in [7, 11) is 0. The third-order valence-corrected chi connectivity index (χ3v) is 5.70. The minimum absolute atomic E-state index is 0.0728. The van der Waals surface area contributed by atoms with Gasteiger partial charge >= 0.3 is 0 Å². The van der Waals surface area contributed by atoms with Crippen molar-refractivity contribution in [2.45, 2.75) is 31.6 Å². The van der Waals surface area contributed by atoms with Gasteiger partial charge < -0.3 is 10.6 Å². The quantitative estimate of drug-likeness (QED) is 0.701. The second-order valence-corrected chi connectivity index (χ2v) is 7.79. The highest BCUT2D eigenvalue weighted by Crippen LogP contribution is 2.30. The number of halogens is 1. The number of likely N-dealkylation sites (tertiary alicyclic amines) is 1. The third kappa shape index (κ3) is 4.32. The average molecular weight is 405 g/mol. The molecule has 1 saturated heterocycles. The zero-order valence-electron chi connectivity index (χ0n) is 16.7. The molecule has 1 atom stereocenters. The number of amides is 2. The molecule has 5 nitrogen and oxygen atoms in total. The molecule has 1 fully saturated rings. The molecule has 154 valence electrons.